The van der Waals surface area contributed by atoms with Gasteiger partial charge in [-0.15, -0.1) is 0 Å². The van der Waals surface area contributed by atoms with E-state index in [9.17, 15) is 9.90 Å². The highest BCUT2D eigenvalue weighted by Crippen LogP contribution is 2.30. The number of hydrogen-bond acceptors (Lipinski definition) is 4. The zero-order chi connectivity index (χ0) is 11.5. The second-order valence-corrected chi connectivity index (χ2v) is 3.28. The Balaban J connectivity index is 2.33. The monoisotopic (exact) mass is 215 g/mol. The Morgan fingerprint density at radius 2 is 1.69 bits per heavy atom. The van der Waals surface area contributed by atoms with E-state index in [2.05, 4.69) is 4.99 Å². The average Bonchev–Trinajstić information content (AvgIpc) is 2.25. The molecule has 2 N–H and O–H groups in total. The molecule has 0 heterocycles. The number of ketones is 1. The summed E-state index contributed by atoms with van der Waals surface area (Å²) in [6.07, 6.45) is 5.93. The first-order valence-electron chi connectivity index (χ1n) is 4.66. The molecule has 1 aliphatic carbocycles. The molecular weight excluding hydrogens is 206 g/mol. The number of rotatable bonds is 1. The van der Waals surface area contributed by atoms with Crippen LogP contribution < -0.4 is 0 Å². The van der Waals surface area contributed by atoms with E-state index in [4.69, 9.17) is 5.11 Å². The van der Waals surface area contributed by atoms with Crippen LogP contribution >= 0.6 is 0 Å². The molecular formula is C12H9NO3. The van der Waals surface area contributed by atoms with Crippen molar-refractivity contribution in [3.8, 4) is 11.5 Å². The third-order valence-electron chi connectivity index (χ3n) is 2.05. The summed E-state index contributed by atoms with van der Waals surface area (Å²) in [5, 5.41) is 18.6. The average molecular weight is 215 g/mol. The molecule has 1 aromatic carbocycles. The molecule has 0 spiro atoms. The number of aromatic hydroxyl groups is 2. The number of aliphatic imine (C=N–C) groups is 1. The number of allylic oxidation sites excluding steroid dienone is 4. The van der Waals surface area contributed by atoms with Gasteiger partial charge in [0.05, 0.1) is 5.71 Å². The quantitative estimate of drug-likeness (QED) is 0.702. The van der Waals surface area contributed by atoms with Crippen molar-refractivity contribution in [1.82, 2.24) is 0 Å². The third-order valence-corrected chi connectivity index (χ3v) is 2.05. The Morgan fingerprint density at radius 3 is 2.31 bits per heavy atom. The van der Waals surface area contributed by atoms with Gasteiger partial charge in [-0.2, -0.15) is 0 Å². The van der Waals surface area contributed by atoms with E-state index in [1.165, 1.54) is 30.4 Å². The van der Waals surface area contributed by atoms with Gasteiger partial charge in [-0.3, -0.25) is 4.79 Å². The normalized spacial score (nSPS) is 14.2. The highest BCUT2D eigenvalue weighted by Gasteiger charge is 2.03. The van der Waals surface area contributed by atoms with Gasteiger partial charge >= 0.3 is 0 Å². The lowest BCUT2D eigenvalue weighted by Crippen LogP contribution is -1.98. The summed E-state index contributed by atoms with van der Waals surface area (Å²) in [6, 6.07) is 4.14. The Bertz CT molecular complexity index is 509. The van der Waals surface area contributed by atoms with Crippen molar-refractivity contribution in [1.29, 1.82) is 0 Å². The van der Waals surface area contributed by atoms with Crippen LogP contribution in [-0.2, 0) is 4.79 Å². The number of hydrogen-bond donors (Lipinski definition) is 2. The van der Waals surface area contributed by atoms with E-state index in [0.29, 0.717) is 11.4 Å². The van der Waals surface area contributed by atoms with Crippen molar-refractivity contribution in [2.75, 3.05) is 0 Å². The number of nitrogens with zero attached hydrogens (tertiary/aromatic N) is 1. The van der Waals surface area contributed by atoms with Crippen LogP contribution in [0.3, 0.4) is 0 Å². The summed E-state index contributed by atoms with van der Waals surface area (Å²) < 4.78 is 0. The summed E-state index contributed by atoms with van der Waals surface area (Å²) in [5.41, 5.74) is 0.914. The molecule has 1 aromatic rings. The summed E-state index contributed by atoms with van der Waals surface area (Å²) in [7, 11) is 0. The smallest absolute Gasteiger partial charge is 0.178 e. The van der Waals surface area contributed by atoms with Crippen LogP contribution in [-0.4, -0.2) is 21.7 Å². The van der Waals surface area contributed by atoms with Gasteiger partial charge in [-0.1, -0.05) is 0 Å². The molecule has 16 heavy (non-hydrogen) atoms. The van der Waals surface area contributed by atoms with Gasteiger partial charge in [0.2, 0.25) is 0 Å². The van der Waals surface area contributed by atoms with Crippen molar-refractivity contribution < 1.29 is 15.0 Å². The van der Waals surface area contributed by atoms with Crippen molar-refractivity contribution in [3.05, 3.63) is 42.5 Å². The number of carbonyl (C=O) groups is 1. The molecule has 4 nitrogen and oxygen atoms in total. The molecule has 0 bridgehead atoms. The van der Waals surface area contributed by atoms with Crippen molar-refractivity contribution >= 4 is 17.2 Å². The fourth-order valence-corrected chi connectivity index (χ4v) is 1.27. The van der Waals surface area contributed by atoms with E-state index in [1.807, 2.05) is 0 Å². The van der Waals surface area contributed by atoms with E-state index in [-0.39, 0.29) is 17.3 Å². The van der Waals surface area contributed by atoms with E-state index >= 15 is 0 Å². The van der Waals surface area contributed by atoms with E-state index in [0.717, 1.165) is 0 Å². The fourth-order valence-electron chi connectivity index (χ4n) is 1.27. The highest BCUT2D eigenvalue weighted by atomic mass is 16.3. The van der Waals surface area contributed by atoms with Crippen LogP contribution in [0.2, 0.25) is 0 Å². The maximum atomic E-state index is 10.9. The summed E-state index contributed by atoms with van der Waals surface area (Å²) in [6.45, 7) is 0. The minimum absolute atomic E-state index is 0.0219. The zero-order valence-electron chi connectivity index (χ0n) is 8.29. The molecule has 1 aliphatic rings. The molecule has 0 radical (unpaired) electrons. The predicted octanol–water partition coefficient (Wildman–Crippen LogP) is 1.87. The van der Waals surface area contributed by atoms with Crippen LogP contribution in [0.25, 0.3) is 0 Å². The number of phenolic OH excluding ortho intramolecular Hbond substituents is 2. The van der Waals surface area contributed by atoms with Crippen molar-refractivity contribution in [2.45, 2.75) is 0 Å². The molecule has 2 rings (SSSR count). The maximum absolute atomic E-state index is 10.9. The topological polar surface area (TPSA) is 69.9 Å². The summed E-state index contributed by atoms with van der Waals surface area (Å²) >= 11 is 0. The Hall–Kier alpha value is -2.36. The second kappa shape index (κ2) is 4.02. The maximum Gasteiger partial charge on any atom is 0.178 e. The Morgan fingerprint density at radius 1 is 1.00 bits per heavy atom. The fraction of sp³-hybridized carbons (Fsp3) is 0. The standard InChI is InChI=1S/C12H9NO3/c14-9-3-1-8(2-4-9)13-11-6-5-10(15)7-12(11)16/h1-7,15-16H. The number of phenols is 2. The van der Waals surface area contributed by atoms with Gasteiger partial charge in [0, 0.05) is 6.07 Å². The first kappa shape index (κ1) is 10.2. The highest BCUT2D eigenvalue weighted by molar-refractivity contribution is 6.17. The lowest BCUT2D eigenvalue weighted by molar-refractivity contribution is -0.110. The summed E-state index contributed by atoms with van der Waals surface area (Å²) in [4.78, 5) is 15.0. The molecule has 0 fully saturated rings. The Labute approximate surface area is 91.9 Å². The first-order chi connectivity index (χ1) is 7.65. The van der Waals surface area contributed by atoms with Crippen LogP contribution in [0.15, 0.2) is 47.5 Å². The second-order valence-electron chi connectivity index (χ2n) is 3.28. The van der Waals surface area contributed by atoms with Gasteiger partial charge < -0.3 is 10.2 Å². The molecule has 80 valence electrons. The van der Waals surface area contributed by atoms with Gasteiger partial charge in [0.1, 0.15) is 17.2 Å². The third kappa shape index (κ3) is 2.17. The molecule has 0 unspecified atom stereocenters. The van der Waals surface area contributed by atoms with Gasteiger partial charge in [-0.05, 0) is 36.4 Å². The lowest BCUT2D eigenvalue weighted by Gasteiger charge is -2.02. The van der Waals surface area contributed by atoms with Gasteiger partial charge in [0.25, 0.3) is 0 Å². The molecule has 0 saturated heterocycles. The SMILES string of the molecule is O=C1C=CC(=Nc2ccc(O)cc2O)C=C1. The minimum Gasteiger partial charge on any atom is -0.508 e. The minimum atomic E-state index is -0.105. The van der Waals surface area contributed by atoms with E-state index in [1.54, 1.807) is 12.2 Å². The van der Waals surface area contributed by atoms with Gasteiger partial charge in [-0.25, -0.2) is 4.99 Å². The Kier molecular flexibility index (Phi) is 2.55. The molecule has 0 aliphatic heterocycles. The zero-order valence-corrected chi connectivity index (χ0v) is 8.29. The van der Waals surface area contributed by atoms with Crippen LogP contribution in [0.4, 0.5) is 5.69 Å². The predicted molar refractivity (Wildman–Crippen MR) is 60.2 cm³/mol. The van der Waals surface area contributed by atoms with Crippen LogP contribution in [0, 0.1) is 0 Å². The number of benzene rings is 1. The first-order valence-corrected chi connectivity index (χ1v) is 4.66. The lowest BCUT2D eigenvalue weighted by atomic mass is 10.1. The largest absolute Gasteiger partial charge is 0.508 e. The van der Waals surface area contributed by atoms with Crippen molar-refractivity contribution in [3.63, 3.8) is 0 Å². The molecule has 0 amide bonds. The molecule has 0 aromatic heterocycles. The molecule has 0 atom stereocenters. The molecule has 0 saturated carbocycles. The van der Waals surface area contributed by atoms with Gasteiger partial charge in [0.15, 0.2) is 5.78 Å². The van der Waals surface area contributed by atoms with Crippen LogP contribution in [0.1, 0.15) is 0 Å². The molecule has 4 heteroatoms. The summed E-state index contributed by atoms with van der Waals surface area (Å²) in [5.74, 6) is -0.216. The van der Waals surface area contributed by atoms with E-state index < -0.39 is 0 Å². The van der Waals surface area contributed by atoms with Crippen LogP contribution in [0.5, 0.6) is 11.5 Å². The number of carbonyl (C=O) groups excluding carboxylic acids is 1. The van der Waals surface area contributed by atoms with Crippen molar-refractivity contribution in [2.24, 2.45) is 4.99 Å².